The van der Waals surface area contributed by atoms with Crippen molar-refractivity contribution in [2.45, 2.75) is 82.8 Å². The minimum absolute atomic E-state index is 0.0233. The largest absolute Gasteiger partial charge is 0.352 e. The van der Waals surface area contributed by atoms with Gasteiger partial charge in [0, 0.05) is 24.0 Å². The van der Waals surface area contributed by atoms with Crippen LogP contribution in [0.2, 0.25) is 5.02 Å². The Kier molecular flexibility index (Phi) is 11.6. The van der Waals surface area contributed by atoms with Gasteiger partial charge in [-0.2, -0.15) is 0 Å². The topological polar surface area (TPSA) is 86.8 Å². The zero-order chi connectivity index (χ0) is 34.3. The first-order valence-electron chi connectivity index (χ1n) is 16.6. The lowest BCUT2D eigenvalue weighted by atomic mass is 9.94. The van der Waals surface area contributed by atoms with Crippen LogP contribution in [0.15, 0.2) is 102 Å². The molecule has 252 valence electrons. The van der Waals surface area contributed by atoms with E-state index in [2.05, 4.69) is 5.32 Å². The molecule has 48 heavy (non-hydrogen) atoms. The number of carbonyl (C=O) groups is 2. The van der Waals surface area contributed by atoms with Gasteiger partial charge in [0.25, 0.3) is 10.0 Å². The number of amides is 2. The number of nitrogens with one attached hydrogen (secondary N) is 1. The second-order valence-electron chi connectivity index (χ2n) is 12.7. The molecule has 9 heteroatoms. The predicted octanol–water partition coefficient (Wildman–Crippen LogP) is 7.55. The Balaban J connectivity index is 1.59. The molecule has 1 unspecified atom stereocenters. The van der Waals surface area contributed by atoms with Gasteiger partial charge in [-0.25, -0.2) is 8.42 Å². The van der Waals surface area contributed by atoms with Crippen LogP contribution in [0.1, 0.15) is 59.9 Å². The molecule has 4 aromatic rings. The van der Waals surface area contributed by atoms with Crippen molar-refractivity contribution in [2.75, 3.05) is 10.8 Å². The second-order valence-corrected chi connectivity index (χ2v) is 15.0. The van der Waals surface area contributed by atoms with Gasteiger partial charge in [0.1, 0.15) is 12.6 Å². The summed E-state index contributed by atoms with van der Waals surface area (Å²) in [6.45, 7) is 5.17. The van der Waals surface area contributed by atoms with Crippen molar-refractivity contribution in [3.63, 3.8) is 0 Å². The molecule has 0 heterocycles. The van der Waals surface area contributed by atoms with Gasteiger partial charge < -0.3 is 10.2 Å². The molecule has 1 saturated carbocycles. The molecule has 0 saturated heterocycles. The van der Waals surface area contributed by atoms with Gasteiger partial charge in [0.2, 0.25) is 11.8 Å². The summed E-state index contributed by atoms with van der Waals surface area (Å²) in [6.07, 6.45) is 5.25. The van der Waals surface area contributed by atoms with E-state index in [1.54, 1.807) is 42.5 Å². The summed E-state index contributed by atoms with van der Waals surface area (Å²) < 4.78 is 30.0. The Morgan fingerprint density at radius 2 is 1.50 bits per heavy atom. The average Bonchev–Trinajstić information content (AvgIpc) is 3.08. The normalized spacial score (nSPS) is 14.2. The lowest BCUT2D eigenvalue weighted by Crippen LogP contribution is -2.55. The molecule has 0 aliphatic heterocycles. The molecule has 1 aliphatic carbocycles. The van der Waals surface area contributed by atoms with Crippen LogP contribution in [-0.4, -0.2) is 43.8 Å². The molecule has 0 spiro atoms. The summed E-state index contributed by atoms with van der Waals surface area (Å²) in [4.78, 5) is 30.7. The van der Waals surface area contributed by atoms with Crippen LogP contribution >= 0.6 is 11.6 Å². The molecule has 1 fully saturated rings. The molecule has 0 radical (unpaired) electrons. The number of rotatable bonds is 12. The molecule has 1 atom stereocenters. The Hall–Kier alpha value is -4.14. The van der Waals surface area contributed by atoms with Crippen LogP contribution in [0.3, 0.4) is 0 Å². The van der Waals surface area contributed by atoms with E-state index in [4.69, 9.17) is 11.6 Å². The summed E-state index contributed by atoms with van der Waals surface area (Å²) in [7, 11) is -4.19. The Morgan fingerprint density at radius 3 is 2.19 bits per heavy atom. The van der Waals surface area contributed by atoms with E-state index < -0.39 is 28.5 Å². The number of hydrogen-bond acceptors (Lipinski definition) is 4. The summed E-state index contributed by atoms with van der Waals surface area (Å²) >= 11 is 6.63. The smallest absolute Gasteiger partial charge is 0.264 e. The van der Waals surface area contributed by atoms with Crippen molar-refractivity contribution < 1.29 is 18.0 Å². The Bertz CT molecular complexity index is 1820. The van der Waals surface area contributed by atoms with E-state index in [0.29, 0.717) is 16.3 Å². The van der Waals surface area contributed by atoms with Crippen molar-refractivity contribution in [1.82, 2.24) is 10.2 Å². The molecule has 4 aromatic carbocycles. The highest BCUT2D eigenvalue weighted by atomic mass is 35.5. The zero-order valence-electron chi connectivity index (χ0n) is 27.9. The van der Waals surface area contributed by atoms with Crippen molar-refractivity contribution in [3.8, 4) is 0 Å². The Morgan fingerprint density at radius 1 is 0.833 bits per heavy atom. The number of anilines is 1. The quantitative estimate of drug-likeness (QED) is 0.167. The molecule has 1 aliphatic rings. The maximum Gasteiger partial charge on any atom is 0.264 e. The first-order valence-corrected chi connectivity index (χ1v) is 18.4. The number of nitrogens with zero attached hydrogens (tertiary/aromatic N) is 2. The highest BCUT2D eigenvalue weighted by Gasteiger charge is 2.36. The highest BCUT2D eigenvalue weighted by molar-refractivity contribution is 7.92. The summed E-state index contributed by atoms with van der Waals surface area (Å²) in [5.41, 5.74) is 4.52. The Labute approximate surface area is 290 Å². The third kappa shape index (κ3) is 8.47. The van der Waals surface area contributed by atoms with E-state index in [0.717, 1.165) is 54.4 Å². The third-order valence-electron chi connectivity index (χ3n) is 9.25. The van der Waals surface area contributed by atoms with E-state index in [1.165, 1.54) is 9.21 Å². The van der Waals surface area contributed by atoms with Crippen LogP contribution in [0, 0.1) is 20.8 Å². The van der Waals surface area contributed by atoms with Crippen LogP contribution in [-0.2, 0) is 32.6 Å². The van der Waals surface area contributed by atoms with Crippen LogP contribution in [0.5, 0.6) is 0 Å². The maximum absolute atomic E-state index is 14.8. The molecule has 0 aromatic heterocycles. The fraction of sp³-hybridized carbons (Fsp3) is 0.333. The second kappa shape index (κ2) is 15.8. The van der Waals surface area contributed by atoms with Crippen molar-refractivity contribution in [2.24, 2.45) is 0 Å². The third-order valence-corrected chi connectivity index (χ3v) is 11.4. The number of sulfonamides is 1. The van der Waals surface area contributed by atoms with Gasteiger partial charge in [0.15, 0.2) is 0 Å². The van der Waals surface area contributed by atoms with Gasteiger partial charge >= 0.3 is 0 Å². The number of benzene rings is 4. The first-order chi connectivity index (χ1) is 23.0. The van der Waals surface area contributed by atoms with E-state index in [1.807, 2.05) is 75.4 Å². The minimum Gasteiger partial charge on any atom is -0.352 e. The lowest BCUT2D eigenvalue weighted by Gasteiger charge is -2.35. The fourth-order valence-corrected chi connectivity index (χ4v) is 7.93. The number of carbonyl (C=O) groups excluding carboxylic acids is 2. The molecule has 0 bridgehead atoms. The summed E-state index contributed by atoms with van der Waals surface area (Å²) in [6, 6.07) is 27.9. The lowest BCUT2D eigenvalue weighted by molar-refractivity contribution is -0.140. The van der Waals surface area contributed by atoms with E-state index in [9.17, 15) is 18.0 Å². The standard InChI is InChI=1S/C39H44ClN3O4S/c1-28-21-23-34(24-22-28)48(46,47)43(36-20-12-13-29(2)30(36)3)27-38(44)42(26-32-16-10-11-19-35(32)40)37(25-31-14-6-4-7-15-31)39(45)41-33-17-8-5-9-18-33/h4,6-7,10-16,19-24,33,37H,5,8-9,17-18,25-27H2,1-3H3,(H,41,45). The first kappa shape index (κ1) is 35.2. The predicted molar refractivity (Wildman–Crippen MR) is 193 cm³/mol. The SMILES string of the molecule is Cc1ccc(S(=O)(=O)N(CC(=O)N(Cc2ccccc2Cl)C(Cc2ccccc2)C(=O)NC2CCCCC2)c2cccc(C)c2C)cc1. The van der Waals surface area contributed by atoms with Crippen LogP contribution in [0.4, 0.5) is 5.69 Å². The number of halogens is 1. The van der Waals surface area contributed by atoms with Gasteiger partial charge in [0.05, 0.1) is 10.6 Å². The fourth-order valence-electron chi connectivity index (χ4n) is 6.26. The summed E-state index contributed by atoms with van der Waals surface area (Å²) in [5.74, 6) is -0.767. The molecule has 1 N–H and O–H groups in total. The van der Waals surface area contributed by atoms with E-state index in [-0.39, 0.29) is 29.8 Å². The van der Waals surface area contributed by atoms with Crippen molar-refractivity contribution >= 4 is 39.1 Å². The van der Waals surface area contributed by atoms with Crippen LogP contribution < -0.4 is 9.62 Å². The summed E-state index contributed by atoms with van der Waals surface area (Å²) in [5, 5.41) is 3.70. The van der Waals surface area contributed by atoms with Gasteiger partial charge in [-0.3, -0.25) is 13.9 Å². The molecule has 7 nitrogen and oxygen atoms in total. The molecule has 5 rings (SSSR count). The zero-order valence-corrected chi connectivity index (χ0v) is 29.4. The number of aryl methyl sites for hydroxylation is 2. The maximum atomic E-state index is 14.8. The number of hydrogen-bond donors (Lipinski definition) is 1. The molecular weight excluding hydrogens is 642 g/mol. The van der Waals surface area contributed by atoms with Crippen molar-refractivity contribution in [3.05, 3.63) is 130 Å². The highest BCUT2D eigenvalue weighted by Crippen LogP contribution is 2.30. The van der Waals surface area contributed by atoms with Gasteiger partial charge in [-0.15, -0.1) is 0 Å². The van der Waals surface area contributed by atoms with Gasteiger partial charge in [-0.1, -0.05) is 109 Å². The average molecular weight is 686 g/mol. The minimum atomic E-state index is -4.19. The monoisotopic (exact) mass is 685 g/mol. The molecule has 2 amide bonds. The van der Waals surface area contributed by atoms with E-state index >= 15 is 0 Å². The van der Waals surface area contributed by atoms with Crippen LogP contribution in [0.25, 0.3) is 0 Å². The van der Waals surface area contributed by atoms with Crippen molar-refractivity contribution in [1.29, 1.82) is 0 Å². The molecular formula is C39H44ClN3O4S. The van der Waals surface area contributed by atoms with Gasteiger partial charge in [-0.05, 0) is 80.1 Å².